The molecule has 2 rings (SSSR count). The maximum Gasteiger partial charge on any atom is 0.0452 e. The van der Waals surface area contributed by atoms with Crippen molar-refractivity contribution in [1.29, 1.82) is 0 Å². The van der Waals surface area contributed by atoms with Gasteiger partial charge in [0.05, 0.1) is 0 Å². The summed E-state index contributed by atoms with van der Waals surface area (Å²) in [6.45, 7) is 11.3. The fraction of sp³-hybridized carbons (Fsp3) is 0.474. The Bertz CT molecular complexity index is 506. The maximum atomic E-state index is 3.72. The van der Waals surface area contributed by atoms with Gasteiger partial charge in [-0.15, -0.1) is 0 Å². The number of para-hydroxylation sites is 1. The van der Waals surface area contributed by atoms with Gasteiger partial charge < -0.3 is 5.32 Å². The fourth-order valence-corrected chi connectivity index (χ4v) is 2.70. The van der Waals surface area contributed by atoms with Gasteiger partial charge in [-0.3, -0.25) is 0 Å². The summed E-state index contributed by atoms with van der Waals surface area (Å²) in [5.41, 5.74) is 6.98. The highest BCUT2D eigenvalue weighted by atomic mass is 14.9. The zero-order chi connectivity index (χ0) is 14.7. The van der Waals surface area contributed by atoms with Crippen LogP contribution >= 0.6 is 0 Å². The second kappa shape index (κ2) is 6.30. The van der Waals surface area contributed by atoms with Crippen molar-refractivity contribution in [1.82, 2.24) is 0 Å². The second-order valence-corrected chi connectivity index (χ2v) is 6.45. The summed E-state index contributed by atoms with van der Waals surface area (Å²) in [7, 11) is 0. The van der Waals surface area contributed by atoms with Gasteiger partial charge in [-0.25, -0.2) is 0 Å². The standard InChI is InChI=1S/C19H27N/c1-13(2)17-7-6-8-18(14(3)4)19(17)20-16-11-9-15(5)10-12-16/h6-9,11,13-14,20H,10,12H2,1-5H3. The lowest BCUT2D eigenvalue weighted by molar-refractivity contribution is 0.832. The topological polar surface area (TPSA) is 12.0 Å². The van der Waals surface area contributed by atoms with Crippen LogP contribution in [0.5, 0.6) is 0 Å². The number of anilines is 1. The first-order valence-corrected chi connectivity index (χ1v) is 7.75. The molecule has 20 heavy (non-hydrogen) atoms. The molecule has 0 atom stereocenters. The van der Waals surface area contributed by atoms with Gasteiger partial charge in [0.2, 0.25) is 0 Å². The summed E-state index contributed by atoms with van der Waals surface area (Å²) in [4.78, 5) is 0. The summed E-state index contributed by atoms with van der Waals surface area (Å²) in [6.07, 6.45) is 6.75. The van der Waals surface area contributed by atoms with E-state index in [1.807, 2.05) is 0 Å². The molecule has 0 saturated carbocycles. The SMILES string of the molecule is CC1=CC=C(Nc2c(C(C)C)cccc2C(C)C)CC1. The van der Waals surface area contributed by atoms with Crippen molar-refractivity contribution < 1.29 is 0 Å². The van der Waals surface area contributed by atoms with E-state index in [1.165, 1.54) is 34.5 Å². The zero-order valence-corrected chi connectivity index (χ0v) is 13.5. The molecule has 1 aliphatic carbocycles. The van der Waals surface area contributed by atoms with Crippen LogP contribution in [0.4, 0.5) is 5.69 Å². The first-order valence-electron chi connectivity index (χ1n) is 7.75. The molecule has 1 heteroatoms. The molecule has 1 aromatic carbocycles. The van der Waals surface area contributed by atoms with Gasteiger partial charge in [-0.05, 0) is 48.8 Å². The lowest BCUT2D eigenvalue weighted by atomic mass is 9.92. The Labute approximate surface area is 123 Å². The molecule has 0 spiro atoms. The van der Waals surface area contributed by atoms with Crippen LogP contribution in [0.25, 0.3) is 0 Å². The monoisotopic (exact) mass is 269 g/mol. The van der Waals surface area contributed by atoms with Crippen LogP contribution in [0.3, 0.4) is 0 Å². The number of hydrogen-bond acceptors (Lipinski definition) is 1. The van der Waals surface area contributed by atoms with Gasteiger partial charge >= 0.3 is 0 Å². The molecule has 1 aromatic rings. The van der Waals surface area contributed by atoms with E-state index in [9.17, 15) is 0 Å². The zero-order valence-electron chi connectivity index (χ0n) is 13.5. The summed E-state index contributed by atoms with van der Waals surface area (Å²) < 4.78 is 0. The Morgan fingerprint density at radius 3 is 1.95 bits per heavy atom. The van der Waals surface area contributed by atoms with Crippen molar-refractivity contribution in [2.45, 2.75) is 59.3 Å². The van der Waals surface area contributed by atoms with E-state index in [-0.39, 0.29) is 0 Å². The number of benzene rings is 1. The highest BCUT2D eigenvalue weighted by Crippen LogP contribution is 2.34. The van der Waals surface area contributed by atoms with Crippen molar-refractivity contribution in [2.75, 3.05) is 5.32 Å². The Hall–Kier alpha value is -1.50. The molecule has 1 nitrogen and oxygen atoms in total. The highest BCUT2D eigenvalue weighted by molar-refractivity contribution is 5.63. The van der Waals surface area contributed by atoms with Gasteiger partial charge in [0.15, 0.2) is 0 Å². The highest BCUT2D eigenvalue weighted by Gasteiger charge is 2.15. The predicted octanol–water partition coefficient (Wildman–Crippen LogP) is 5.97. The normalized spacial score (nSPS) is 15.3. The average molecular weight is 269 g/mol. The molecule has 0 heterocycles. The van der Waals surface area contributed by atoms with E-state index in [1.54, 1.807) is 0 Å². The van der Waals surface area contributed by atoms with Crippen LogP contribution in [-0.4, -0.2) is 0 Å². The number of hydrogen-bond donors (Lipinski definition) is 1. The van der Waals surface area contributed by atoms with Crippen molar-refractivity contribution >= 4 is 5.69 Å². The Morgan fingerprint density at radius 2 is 1.50 bits per heavy atom. The molecule has 1 N–H and O–H groups in total. The van der Waals surface area contributed by atoms with Crippen LogP contribution in [0.15, 0.2) is 41.6 Å². The predicted molar refractivity (Wildman–Crippen MR) is 89.3 cm³/mol. The Morgan fingerprint density at radius 1 is 0.900 bits per heavy atom. The molecule has 0 aliphatic heterocycles. The lowest BCUT2D eigenvalue weighted by Gasteiger charge is -2.23. The number of rotatable bonds is 4. The van der Waals surface area contributed by atoms with Gasteiger partial charge in [0.1, 0.15) is 0 Å². The van der Waals surface area contributed by atoms with Gasteiger partial charge in [0, 0.05) is 11.4 Å². The average Bonchev–Trinajstić information content (AvgIpc) is 2.41. The molecule has 0 unspecified atom stereocenters. The smallest absolute Gasteiger partial charge is 0.0452 e. The van der Waals surface area contributed by atoms with Gasteiger partial charge in [-0.1, -0.05) is 57.5 Å². The third-order valence-corrected chi connectivity index (χ3v) is 4.02. The Kier molecular flexibility index (Phi) is 4.69. The molecule has 108 valence electrons. The molecule has 0 aromatic heterocycles. The second-order valence-electron chi connectivity index (χ2n) is 6.45. The van der Waals surface area contributed by atoms with Crippen molar-refractivity contribution in [3.8, 4) is 0 Å². The molecule has 0 radical (unpaired) electrons. The minimum atomic E-state index is 0.540. The fourth-order valence-electron chi connectivity index (χ4n) is 2.70. The molecular formula is C19H27N. The third kappa shape index (κ3) is 3.33. The van der Waals surface area contributed by atoms with Crippen molar-refractivity contribution in [3.05, 3.63) is 52.7 Å². The molecular weight excluding hydrogens is 242 g/mol. The summed E-state index contributed by atoms with van der Waals surface area (Å²) in [5, 5.41) is 3.72. The van der Waals surface area contributed by atoms with Crippen LogP contribution in [0, 0.1) is 0 Å². The first kappa shape index (κ1) is 14.9. The van der Waals surface area contributed by atoms with Gasteiger partial charge in [0.25, 0.3) is 0 Å². The minimum Gasteiger partial charge on any atom is -0.358 e. The van der Waals surface area contributed by atoms with E-state index < -0.39 is 0 Å². The maximum absolute atomic E-state index is 3.72. The van der Waals surface area contributed by atoms with Crippen LogP contribution in [-0.2, 0) is 0 Å². The van der Waals surface area contributed by atoms with E-state index >= 15 is 0 Å². The third-order valence-electron chi connectivity index (χ3n) is 4.02. The largest absolute Gasteiger partial charge is 0.358 e. The quantitative estimate of drug-likeness (QED) is 0.710. The summed E-state index contributed by atoms with van der Waals surface area (Å²) in [5.74, 6) is 1.08. The summed E-state index contributed by atoms with van der Waals surface area (Å²) in [6, 6.07) is 6.70. The molecule has 0 fully saturated rings. The van der Waals surface area contributed by atoms with Crippen LogP contribution < -0.4 is 5.32 Å². The summed E-state index contributed by atoms with van der Waals surface area (Å²) >= 11 is 0. The number of allylic oxidation sites excluding steroid dienone is 4. The molecule has 0 amide bonds. The van der Waals surface area contributed by atoms with Crippen LogP contribution in [0.1, 0.15) is 70.4 Å². The Balaban J connectivity index is 2.38. The molecule has 1 aliphatic rings. The first-order chi connectivity index (χ1) is 9.49. The van der Waals surface area contributed by atoms with E-state index in [0.29, 0.717) is 11.8 Å². The van der Waals surface area contributed by atoms with Crippen molar-refractivity contribution in [2.24, 2.45) is 0 Å². The van der Waals surface area contributed by atoms with E-state index in [4.69, 9.17) is 0 Å². The lowest BCUT2D eigenvalue weighted by Crippen LogP contribution is -2.09. The van der Waals surface area contributed by atoms with E-state index in [2.05, 4.69) is 70.3 Å². The molecule has 0 saturated heterocycles. The minimum absolute atomic E-state index is 0.540. The van der Waals surface area contributed by atoms with Crippen molar-refractivity contribution in [3.63, 3.8) is 0 Å². The molecule has 0 bridgehead atoms. The van der Waals surface area contributed by atoms with E-state index in [0.717, 1.165) is 6.42 Å². The van der Waals surface area contributed by atoms with Crippen LogP contribution in [0.2, 0.25) is 0 Å². The number of nitrogens with one attached hydrogen (secondary N) is 1. The van der Waals surface area contributed by atoms with Gasteiger partial charge in [-0.2, -0.15) is 0 Å².